The van der Waals surface area contributed by atoms with Gasteiger partial charge in [-0.05, 0) is 37.5 Å². The number of hydrogen-bond acceptors (Lipinski definition) is 5. The Bertz CT molecular complexity index is 700. The Balaban J connectivity index is 1.77. The summed E-state index contributed by atoms with van der Waals surface area (Å²) in [5, 5.41) is 2.69. The molecule has 0 bridgehead atoms. The quantitative estimate of drug-likeness (QED) is 0.846. The van der Waals surface area contributed by atoms with E-state index in [9.17, 15) is 14.4 Å². The van der Waals surface area contributed by atoms with Gasteiger partial charge in [0.1, 0.15) is 18.9 Å². The summed E-state index contributed by atoms with van der Waals surface area (Å²) in [7, 11) is 1.44. The molecule has 26 heavy (non-hydrogen) atoms. The average Bonchev–Trinajstić information content (AvgIpc) is 2.65. The molecule has 1 aromatic carbocycles. The number of nitrogens with one attached hydrogen (secondary N) is 1. The standard InChI is InChI=1S/C18H23N3O5/c1-25-11-16(22)19-13-5-6-15-14(9-13)21(18(24)12-26-15)10-17(23)20-7-3-2-4-8-20/h5-6,9H,2-4,7-8,10-12H2,1H3,(H,19,22). The smallest absolute Gasteiger partial charge is 0.265 e. The molecule has 2 heterocycles. The molecule has 0 atom stereocenters. The highest BCUT2D eigenvalue weighted by Crippen LogP contribution is 2.34. The fourth-order valence-electron chi connectivity index (χ4n) is 3.16. The van der Waals surface area contributed by atoms with Crippen molar-refractivity contribution in [1.29, 1.82) is 0 Å². The van der Waals surface area contributed by atoms with Crippen molar-refractivity contribution in [3.8, 4) is 5.75 Å². The predicted molar refractivity (Wildman–Crippen MR) is 95.2 cm³/mol. The van der Waals surface area contributed by atoms with E-state index >= 15 is 0 Å². The molecule has 1 saturated heterocycles. The molecule has 1 aromatic rings. The fraction of sp³-hybridized carbons (Fsp3) is 0.500. The van der Waals surface area contributed by atoms with Crippen LogP contribution in [0.1, 0.15) is 19.3 Å². The molecule has 0 unspecified atom stereocenters. The molecular weight excluding hydrogens is 338 g/mol. The molecule has 0 radical (unpaired) electrons. The van der Waals surface area contributed by atoms with Gasteiger partial charge in [-0.1, -0.05) is 0 Å². The van der Waals surface area contributed by atoms with Gasteiger partial charge >= 0.3 is 0 Å². The highest BCUT2D eigenvalue weighted by atomic mass is 16.5. The van der Waals surface area contributed by atoms with E-state index in [0.717, 1.165) is 32.4 Å². The number of piperidine rings is 1. The van der Waals surface area contributed by atoms with Gasteiger partial charge in [-0.15, -0.1) is 0 Å². The van der Waals surface area contributed by atoms with Crippen molar-refractivity contribution in [3.63, 3.8) is 0 Å². The van der Waals surface area contributed by atoms with E-state index in [1.165, 1.54) is 12.0 Å². The second kappa shape index (κ2) is 8.18. The number of carbonyl (C=O) groups is 3. The molecule has 0 aliphatic carbocycles. The maximum absolute atomic E-state index is 12.6. The third-order valence-corrected chi connectivity index (χ3v) is 4.46. The Kier molecular flexibility index (Phi) is 5.72. The molecule has 0 spiro atoms. The van der Waals surface area contributed by atoms with Gasteiger partial charge in [-0.3, -0.25) is 19.3 Å². The van der Waals surface area contributed by atoms with Crippen LogP contribution in [0.5, 0.6) is 5.75 Å². The van der Waals surface area contributed by atoms with Crippen molar-refractivity contribution in [2.75, 3.05) is 50.2 Å². The Morgan fingerprint density at radius 1 is 1.23 bits per heavy atom. The van der Waals surface area contributed by atoms with Crippen molar-refractivity contribution in [1.82, 2.24) is 4.90 Å². The van der Waals surface area contributed by atoms with Crippen molar-refractivity contribution < 1.29 is 23.9 Å². The Labute approximate surface area is 152 Å². The average molecular weight is 361 g/mol. The van der Waals surface area contributed by atoms with E-state index in [1.54, 1.807) is 23.1 Å². The number of anilines is 2. The monoisotopic (exact) mass is 361 g/mol. The lowest BCUT2D eigenvalue weighted by Gasteiger charge is -2.33. The van der Waals surface area contributed by atoms with Crippen LogP contribution in [0.15, 0.2) is 18.2 Å². The first kappa shape index (κ1) is 18.2. The Morgan fingerprint density at radius 3 is 2.73 bits per heavy atom. The summed E-state index contributed by atoms with van der Waals surface area (Å²) in [4.78, 5) is 39.8. The zero-order valence-corrected chi connectivity index (χ0v) is 14.8. The molecule has 140 valence electrons. The van der Waals surface area contributed by atoms with Crippen LogP contribution in [-0.2, 0) is 19.1 Å². The molecule has 8 nitrogen and oxygen atoms in total. The summed E-state index contributed by atoms with van der Waals surface area (Å²) >= 11 is 0. The summed E-state index contributed by atoms with van der Waals surface area (Å²) in [6.07, 6.45) is 3.12. The Hall–Kier alpha value is -2.61. The molecule has 3 amide bonds. The van der Waals surface area contributed by atoms with Crippen LogP contribution in [0.4, 0.5) is 11.4 Å². The molecular formula is C18H23N3O5. The van der Waals surface area contributed by atoms with Crippen LogP contribution >= 0.6 is 0 Å². The van der Waals surface area contributed by atoms with Crippen LogP contribution in [0.2, 0.25) is 0 Å². The summed E-state index contributed by atoms with van der Waals surface area (Å²) in [6.45, 7) is 1.28. The lowest BCUT2D eigenvalue weighted by molar-refractivity contribution is -0.132. The van der Waals surface area contributed by atoms with E-state index in [1.807, 2.05) is 0 Å². The largest absolute Gasteiger partial charge is 0.482 e. The molecule has 8 heteroatoms. The van der Waals surface area contributed by atoms with Gasteiger partial charge in [0, 0.05) is 25.9 Å². The second-order valence-corrected chi connectivity index (χ2v) is 6.37. The third-order valence-electron chi connectivity index (χ3n) is 4.46. The maximum Gasteiger partial charge on any atom is 0.265 e. The molecule has 0 saturated carbocycles. The van der Waals surface area contributed by atoms with Crippen LogP contribution in [0.25, 0.3) is 0 Å². The topological polar surface area (TPSA) is 88.2 Å². The Morgan fingerprint density at radius 2 is 2.00 bits per heavy atom. The van der Waals surface area contributed by atoms with Crippen molar-refractivity contribution in [3.05, 3.63) is 18.2 Å². The molecule has 3 rings (SSSR count). The predicted octanol–water partition coefficient (Wildman–Crippen LogP) is 1.01. The number of nitrogens with zero attached hydrogens (tertiary/aromatic N) is 2. The van der Waals surface area contributed by atoms with E-state index < -0.39 is 0 Å². The first-order valence-electron chi connectivity index (χ1n) is 8.72. The first-order valence-corrected chi connectivity index (χ1v) is 8.72. The van der Waals surface area contributed by atoms with Crippen LogP contribution in [0.3, 0.4) is 0 Å². The fourth-order valence-corrected chi connectivity index (χ4v) is 3.16. The van der Waals surface area contributed by atoms with E-state index in [-0.39, 0.29) is 37.5 Å². The van der Waals surface area contributed by atoms with Gasteiger partial charge in [-0.2, -0.15) is 0 Å². The molecule has 1 fully saturated rings. The van der Waals surface area contributed by atoms with Gasteiger partial charge in [0.05, 0.1) is 5.69 Å². The number of ether oxygens (including phenoxy) is 2. The highest BCUT2D eigenvalue weighted by molar-refractivity contribution is 6.03. The summed E-state index contributed by atoms with van der Waals surface area (Å²) < 4.78 is 10.2. The maximum atomic E-state index is 12.6. The van der Waals surface area contributed by atoms with Gasteiger partial charge < -0.3 is 19.7 Å². The van der Waals surface area contributed by atoms with Crippen molar-refractivity contribution in [2.45, 2.75) is 19.3 Å². The van der Waals surface area contributed by atoms with E-state index in [4.69, 9.17) is 9.47 Å². The van der Waals surface area contributed by atoms with Crippen molar-refractivity contribution in [2.24, 2.45) is 0 Å². The van der Waals surface area contributed by atoms with Gasteiger partial charge in [0.2, 0.25) is 11.8 Å². The number of methoxy groups -OCH3 is 1. The van der Waals surface area contributed by atoms with Crippen molar-refractivity contribution >= 4 is 29.1 Å². The number of carbonyl (C=O) groups excluding carboxylic acids is 3. The van der Waals surface area contributed by atoms with Gasteiger partial charge in [-0.25, -0.2) is 0 Å². The van der Waals surface area contributed by atoms with Gasteiger partial charge in [0.15, 0.2) is 6.61 Å². The molecule has 1 N–H and O–H groups in total. The van der Waals surface area contributed by atoms with E-state index in [0.29, 0.717) is 17.1 Å². The highest BCUT2D eigenvalue weighted by Gasteiger charge is 2.29. The lowest BCUT2D eigenvalue weighted by Crippen LogP contribution is -2.47. The normalized spacial score (nSPS) is 16.7. The first-order chi connectivity index (χ1) is 12.6. The summed E-state index contributed by atoms with van der Waals surface area (Å²) in [5.74, 6) is -0.129. The lowest BCUT2D eigenvalue weighted by atomic mass is 10.1. The molecule has 2 aliphatic heterocycles. The minimum atomic E-state index is -0.300. The number of benzene rings is 1. The number of likely N-dealkylation sites (tertiary alicyclic amines) is 1. The minimum absolute atomic E-state index is 0.0232. The molecule has 0 aromatic heterocycles. The van der Waals surface area contributed by atoms with Gasteiger partial charge in [0.25, 0.3) is 5.91 Å². The minimum Gasteiger partial charge on any atom is -0.482 e. The zero-order valence-electron chi connectivity index (χ0n) is 14.8. The zero-order chi connectivity index (χ0) is 18.5. The van der Waals surface area contributed by atoms with Crippen LogP contribution in [-0.4, -0.2) is 62.6 Å². The van der Waals surface area contributed by atoms with Crippen LogP contribution in [0, 0.1) is 0 Å². The molecule has 2 aliphatic rings. The van der Waals surface area contributed by atoms with Crippen LogP contribution < -0.4 is 15.0 Å². The number of hydrogen-bond donors (Lipinski definition) is 1. The number of amides is 3. The number of fused-ring (bicyclic) bond motifs is 1. The SMILES string of the molecule is COCC(=O)Nc1ccc2c(c1)N(CC(=O)N1CCCCC1)C(=O)CO2. The summed E-state index contributed by atoms with van der Waals surface area (Å²) in [6, 6.07) is 5.01. The third kappa shape index (κ3) is 4.13. The summed E-state index contributed by atoms with van der Waals surface area (Å²) in [5.41, 5.74) is 1.00. The number of rotatable bonds is 5. The van der Waals surface area contributed by atoms with E-state index in [2.05, 4.69) is 5.32 Å². The second-order valence-electron chi connectivity index (χ2n) is 6.37.